The molecule has 4 rings (SSSR count). The van der Waals surface area contributed by atoms with Crippen LogP contribution >= 0.6 is 24.0 Å². The number of halogens is 1. The first-order valence-corrected chi connectivity index (χ1v) is 9.16. The van der Waals surface area contributed by atoms with Gasteiger partial charge in [0.05, 0.1) is 0 Å². The van der Waals surface area contributed by atoms with Crippen LogP contribution in [0.3, 0.4) is 0 Å². The Kier molecular flexibility index (Phi) is 6.53. The molecule has 1 N–H and O–H groups in total. The first kappa shape index (κ1) is 19.2. The Morgan fingerprint density at radius 3 is 2.65 bits per heavy atom. The number of guanidine groups is 1. The maximum atomic E-state index is 4.51. The minimum absolute atomic E-state index is 0. The Morgan fingerprint density at radius 2 is 1.88 bits per heavy atom. The number of hydrogen-bond acceptors (Lipinski definition) is 2. The summed E-state index contributed by atoms with van der Waals surface area (Å²) in [7, 11) is 1.88. The number of fused-ring (bicyclic) bond motifs is 1. The molecule has 2 aliphatic rings. The monoisotopic (exact) mass is 462 g/mol. The number of hydrogen-bond donors (Lipinski definition) is 1. The molecule has 2 heterocycles. The summed E-state index contributed by atoms with van der Waals surface area (Å²) in [6, 6.07) is 15.8. The predicted octanol–water partition coefficient (Wildman–Crippen LogP) is 3.48. The Morgan fingerprint density at radius 1 is 1.12 bits per heavy atom. The van der Waals surface area contributed by atoms with Gasteiger partial charge < -0.3 is 10.2 Å². The fraction of sp³-hybridized carbons (Fsp3) is 0.381. The summed E-state index contributed by atoms with van der Waals surface area (Å²) < 4.78 is 0. The molecule has 0 aromatic heterocycles. The van der Waals surface area contributed by atoms with Gasteiger partial charge in [-0.2, -0.15) is 0 Å². The minimum atomic E-state index is 0. The van der Waals surface area contributed by atoms with Crippen LogP contribution in [-0.2, 0) is 6.54 Å². The zero-order valence-electron chi connectivity index (χ0n) is 15.3. The number of aliphatic imine (C=N–C) groups is 1. The number of nitrogens with one attached hydrogen (secondary N) is 1. The highest BCUT2D eigenvalue weighted by Gasteiger charge is 2.29. The van der Waals surface area contributed by atoms with E-state index in [0.29, 0.717) is 6.04 Å². The average molecular weight is 462 g/mol. The molecule has 0 bridgehead atoms. The zero-order chi connectivity index (χ0) is 17.1. The summed E-state index contributed by atoms with van der Waals surface area (Å²) in [6.07, 6.45) is 5.77. The Hall–Kier alpha value is -1.60. The van der Waals surface area contributed by atoms with E-state index in [9.17, 15) is 0 Å². The lowest BCUT2D eigenvalue weighted by Gasteiger charge is -2.25. The molecule has 1 atom stereocenters. The lowest BCUT2D eigenvalue weighted by atomic mass is 10.1. The lowest BCUT2D eigenvalue weighted by molar-refractivity contribution is 0.259. The van der Waals surface area contributed by atoms with Gasteiger partial charge in [-0.25, -0.2) is 0 Å². The molecule has 0 spiro atoms. The standard InChI is InChI=1S/C21H26N4.HI/c1-22-21(25-13-10-20(16-25)24-11-4-5-12-24)23-15-17-8-9-18-6-2-3-7-19(18)14-17;/h2-9,14,20H,10-13,15-16H2,1H3,(H,22,23);1H. The van der Waals surface area contributed by atoms with Crippen LogP contribution in [0.25, 0.3) is 10.8 Å². The molecule has 2 aliphatic heterocycles. The average Bonchev–Trinajstić information content (AvgIpc) is 3.34. The van der Waals surface area contributed by atoms with E-state index in [0.717, 1.165) is 38.7 Å². The van der Waals surface area contributed by atoms with Crippen LogP contribution < -0.4 is 5.32 Å². The van der Waals surface area contributed by atoms with Gasteiger partial charge in [0.15, 0.2) is 5.96 Å². The SMILES string of the molecule is CN=C(NCc1ccc2ccccc2c1)N1CCC(N2CC=CC2)C1.I. The first-order valence-electron chi connectivity index (χ1n) is 9.16. The highest BCUT2D eigenvalue weighted by molar-refractivity contribution is 14.0. The minimum Gasteiger partial charge on any atom is -0.352 e. The van der Waals surface area contributed by atoms with Crippen molar-refractivity contribution in [3.63, 3.8) is 0 Å². The fourth-order valence-electron chi connectivity index (χ4n) is 3.89. The molecule has 1 saturated heterocycles. The quantitative estimate of drug-likeness (QED) is 0.328. The van der Waals surface area contributed by atoms with Crippen molar-refractivity contribution >= 4 is 40.7 Å². The van der Waals surface area contributed by atoms with Crippen LogP contribution in [0.4, 0.5) is 0 Å². The maximum Gasteiger partial charge on any atom is 0.193 e. The van der Waals surface area contributed by atoms with Crippen LogP contribution in [0.15, 0.2) is 59.6 Å². The van der Waals surface area contributed by atoms with E-state index in [-0.39, 0.29) is 24.0 Å². The molecule has 1 unspecified atom stereocenters. The smallest absolute Gasteiger partial charge is 0.193 e. The molecule has 0 saturated carbocycles. The largest absolute Gasteiger partial charge is 0.352 e. The molecule has 0 amide bonds. The summed E-state index contributed by atoms with van der Waals surface area (Å²) in [5, 5.41) is 6.13. The van der Waals surface area contributed by atoms with Crippen molar-refractivity contribution in [3.05, 3.63) is 60.2 Å². The molecular formula is C21H27IN4. The third kappa shape index (κ3) is 4.20. The number of nitrogens with zero attached hydrogens (tertiary/aromatic N) is 3. The summed E-state index contributed by atoms with van der Waals surface area (Å²) in [5.74, 6) is 1.02. The molecule has 4 nitrogen and oxygen atoms in total. The van der Waals surface area contributed by atoms with Crippen molar-refractivity contribution in [1.82, 2.24) is 15.1 Å². The second kappa shape index (κ2) is 8.86. The molecule has 5 heteroatoms. The summed E-state index contributed by atoms with van der Waals surface area (Å²) in [5.41, 5.74) is 1.29. The molecular weight excluding hydrogens is 435 g/mol. The van der Waals surface area contributed by atoms with Crippen molar-refractivity contribution in [3.8, 4) is 0 Å². The zero-order valence-corrected chi connectivity index (χ0v) is 17.6. The van der Waals surface area contributed by atoms with Crippen LogP contribution in [0.5, 0.6) is 0 Å². The maximum absolute atomic E-state index is 4.51. The predicted molar refractivity (Wildman–Crippen MR) is 120 cm³/mol. The van der Waals surface area contributed by atoms with E-state index in [2.05, 4.69) is 74.7 Å². The van der Waals surface area contributed by atoms with E-state index in [4.69, 9.17) is 0 Å². The summed E-state index contributed by atoms with van der Waals surface area (Å²) >= 11 is 0. The molecule has 2 aromatic rings. The van der Waals surface area contributed by atoms with Gasteiger partial charge in [-0.05, 0) is 28.8 Å². The van der Waals surface area contributed by atoms with Gasteiger partial charge in [0.25, 0.3) is 0 Å². The van der Waals surface area contributed by atoms with Gasteiger partial charge in [-0.15, -0.1) is 24.0 Å². The first-order chi connectivity index (χ1) is 12.3. The van der Waals surface area contributed by atoms with E-state index in [1.165, 1.54) is 22.8 Å². The van der Waals surface area contributed by atoms with Crippen LogP contribution in [0.1, 0.15) is 12.0 Å². The normalized spacial score (nSPS) is 20.6. The third-order valence-corrected chi connectivity index (χ3v) is 5.30. The second-order valence-electron chi connectivity index (χ2n) is 6.90. The molecule has 26 heavy (non-hydrogen) atoms. The van der Waals surface area contributed by atoms with Gasteiger partial charge in [-0.1, -0.05) is 48.6 Å². The molecule has 1 fully saturated rings. The van der Waals surface area contributed by atoms with Crippen LogP contribution in [-0.4, -0.2) is 55.0 Å². The van der Waals surface area contributed by atoms with Gasteiger partial charge in [0, 0.05) is 45.8 Å². The fourth-order valence-corrected chi connectivity index (χ4v) is 3.89. The topological polar surface area (TPSA) is 30.9 Å². The van der Waals surface area contributed by atoms with Crippen molar-refractivity contribution < 1.29 is 0 Å². The summed E-state index contributed by atoms with van der Waals surface area (Å²) in [6.45, 7) is 5.16. The van der Waals surface area contributed by atoms with Gasteiger partial charge in [0.2, 0.25) is 0 Å². The Labute approximate surface area is 173 Å². The number of rotatable bonds is 3. The van der Waals surface area contributed by atoms with Gasteiger partial charge in [0.1, 0.15) is 0 Å². The van der Waals surface area contributed by atoms with E-state index in [1.807, 2.05) is 7.05 Å². The van der Waals surface area contributed by atoms with Crippen LogP contribution in [0.2, 0.25) is 0 Å². The number of benzene rings is 2. The van der Waals surface area contributed by atoms with Crippen molar-refractivity contribution in [2.45, 2.75) is 19.0 Å². The second-order valence-corrected chi connectivity index (χ2v) is 6.90. The summed E-state index contributed by atoms with van der Waals surface area (Å²) in [4.78, 5) is 9.45. The van der Waals surface area contributed by atoms with Crippen LogP contribution in [0, 0.1) is 0 Å². The number of likely N-dealkylation sites (tertiary alicyclic amines) is 1. The molecule has 0 radical (unpaired) electrons. The van der Waals surface area contributed by atoms with Crippen molar-refractivity contribution in [2.75, 3.05) is 33.2 Å². The van der Waals surface area contributed by atoms with Gasteiger partial charge >= 0.3 is 0 Å². The Bertz CT molecular complexity index is 793. The van der Waals surface area contributed by atoms with E-state index in [1.54, 1.807) is 0 Å². The molecule has 2 aromatic carbocycles. The highest BCUT2D eigenvalue weighted by atomic mass is 127. The Balaban J connectivity index is 0.00000196. The molecule has 0 aliphatic carbocycles. The van der Waals surface area contributed by atoms with E-state index < -0.39 is 0 Å². The lowest BCUT2D eigenvalue weighted by Crippen LogP contribution is -2.42. The van der Waals surface area contributed by atoms with Crippen molar-refractivity contribution in [1.29, 1.82) is 0 Å². The highest BCUT2D eigenvalue weighted by Crippen LogP contribution is 2.19. The van der Waals surface area contributed by atoms with Gasteiger partial charge in [-0.3, -0.25) is 9.89 Å². The molecule has 138 valence electrons. The third-order valence-electron chi connectivity index (χ3n) is 5.30. The van der Waals surface area contributed by atoms with E-state index >= 15 is 0 Å². The van der Waals surface area contributed by atoms with Crippen molar-refractivity contribution in [2.24, 2.45) is 4.99 Å².